The molecule has 0 fully saturated rings. The molecular weight excluding hydrogens is 420 g/mol. The van der Waals surface area contributed by atoms with Crippen molar-refractivity contribution in [3.8, 4) is 5.75 Å². The van der Waals surface area contributed by atoms with Gasteiger partial charge in [0.2, 0.25) is 10.0 Å². The molecule has 0 radical (unpaired) electrons. The van der Waals surface area contributed by atoms with Crippen LogP contribution in [0.2, 0.25) is 0 Å². The molecule has 0 spiro atoms. The molecule has 0 saturated carbocycles. The molecule has 6 nitrogen and oxygen atoms in total. The van der Waals surface area contributed by atoms with Crippen molar-refractivity contribution in [3.63, 3.8) is 0 Å². The molecule has 2 aromatic carbocycles. The Bertz CT molecular complexity index is 1180. The molecule has 0 unspecified atom stereocenters. The largest absolute Gasteiger partial charge is 0.492 e. The Kier molecular flexibility index (Phi) is 6.40. The van der Waals surface area contributed by atoms with Crippen molar-refractivity contribution in [2.24, 2.45) is 0 Å². The normalized spacial score (nSPS) is 12.6. The van der Waals surface area contributed by atoms with Crippen molar-refractivity contribution in [3.05, 3.63) is 57.7 Å². The first kappa shape index (κ1) is 22.5. The summed E-state index contributed by atoms with van der Waals surface area (Å²) in [6.07, 6.45) is 0. The third kappa shape index (κ3) is 4.94. The van der Waals surface area contributed by atoms with Crippen LogP contribution in [0.4, 0.5) is 0 Å². The number of aromatic nitrogens is 1. The van der Waals surface area contributed by atoms with Gasteiger partial charge >= 0.3 is 4.87 Å². The molecule has 0 bridgehead atoms. The summed E-state index contributed by atoms with van der Waals surface area (Å²) in [6.45, 7) is 10.6. The topological polar surface area (TPSA) is 77.4 Å². The molecule has 30 heavy (non-hydrogen) atoms. The maximum atomic E-state index is 12.6. The lowest BCUT2D eigenvalue weighted by Gasteiger charge is -2.19. The molecule has 0 amide bonds. The molecule has 0 aliphatic carbocycles. The van der Waals surface area contributed by atoms with Gasteiger partial charge in [-0.15, -0.1) is 0 Å². The number of hydrogen-bond acceptors (Lipinski definition) is 5. The molecule has 1 aromatic heterocycles. The van der Waals surface area contributed by atoms with Crippen LogP contribution in [0.5, 0.6) is 5.75 Å². The van der Waals surface area contributed by atoms with Crippen LogP contribution in [-0.4, -0.2) is 26.1 Å². The van der Waals surface area contributed by atoms with E-state index in [1.165, 1.54) is 11.6 Å². The lowest BCUT2D eigenvalue weighted by atomic mass is 9.87. The number of sulfonamides is 1. The van der Waals surface area contributed by atoms with E-state index in [4.69, 9.17) is 4.74 Å². The van der Waals surface area contributed by atoms with E-state index in [1.807, 2.05) is 38.1 Å². The van der Waals surface area contributed by atoms with Gasteiger partial charge in [-0.3, -0.25) is 9.36 Å². The first-order valence-electron chi connectivity index (χ1n) is 9.87. The Hall–Kier alpha value is -2.16. The lowest BCUT2D eigenvalue weighted by Crippen LogP contribution is -2.28. The number of benzene rings is 2. The van der Waals surface area contributed by atoms with Crippen molar-refractivity contribution >= 4 is 31.6 Å². The highest BCUT2D eigenvalue weighted by molar-refractivity contribution is 7.89. The molecule has 162 valence electrons. The molecule has 0 aliphatic rings. The van der Waals surface area contributed by atoms with Gasteiger partial charge in [-0.2, -0.15) is 0 Å². The van der Waals surface area contributed by atoms with E-state index in [-0.39, 0.29) is 34.4 Å². The molecule has 3 aromatic rings. The third-order valence-corrected chi connectivity index (χ3v) is 7.17. The SMILES string of the molecule is CC(C)n1c(=O)sc2cc(S(=O)(=O)NCCOc3ccc(C(C)(C)C)cc3)ccc21. The van der Waals surface area contributed by atoms with E-state index in [0.29, 0.717) is 10.4 Å². The second-order valence-corrected chi connectivity index (χ2v) is 11.2. The van der Waals surface area contributed by atoms with E-state index in [9.17, 15) is 13.2 Å². The molecule has 0 saturated heterocycles. The number of nitrogens with zero attached hydrogens (tertiary/aromatic N) is 1. The van der Waals surface area contributed by atoms with Crippen LogP contribution < -0.4 is 14.3 Å². The highest BCUT2D eigenvalue weighted by Crippen LogP contribution is 2.25. The number of hydrogen-bond donors (Lipinski definition) is 1. The Morgan fingerprint density at radius 2 is 1.77 bits per heavy atom. The summed E-state index contributed by atoms with van der Waals surface area (Å²) in [5, 5.41) is 0. The van der Waals surface area contributed by atoms with E-state index in [1.54, 1.807) is 16.7 Å². The van der Waals surface area contributed by atoms with Crippen LogP contribution in [0.25, 0.3) is 10.2 Å². The minimum Gasteiger partial charge on any atom is -0.492 e. The van der Waals surface area contributed by atoms with Gasteiger partial charge in [-0.25, -0.2) is 13.1 Å². The Morgan fingerprint density at radius 3 is 2.37 bits per heavy atom. The zero-order valence-electron chi connectivity index (χ0n) is 17.9. The second-order valence-electron chi connectivity index (χ2n) is 8.48. The number of thiazole rings is 1. The predicted molar refractivity (Wildman–Crippen MR) is 122 cm³/mol. The third-order valence-electron chi connectivity index (χ3n) is 4.79. The molecule has 0 aliphatic heterocycles. The van der Waals surface area contributed by atoms with Crippen molar-refractivity contribution in [2.45, 2.75) is 51.0 Å². The molecule has 8 heteroatoms. The Morgan fingerprint density at radius 1 is 1.10 bits per heavy atom. The zero-order valence-corrected chi connectivity index (χ0v) is 19.6. The van der Waals surface area contributed by atoms with Gasteiger partial charge in [0.1, 0.15) is 12.4 Å². The van der Waals surface area contributed by atoms with Crippen LogP contribution in [0, 0.1) is 0 Å². The van der Waals surface area contributed by atoms with Crippen molar-refractivity contribution in [1.82, 2.24) is 9.29 Å². The Balaban J connectivity index is 1.63. The monoisotopic (exact) mass is 448 g/mol. The average molecular weight is 449 g/mol. The van der Waals surface area contributed by atoms with Crippen molar-refractivity contribution < 1.29 is 13.2 Å². The summed E-state index contributed by atoms with van der Waals surface area (Å²) in [5.41, 5.74) is 2.03. The summed E-state index contributed by atoms with van der Waals surface area (Å²) in [7, 11) is -3.69. The number of ether oxygens (including phenoxy) is 1. The smallest absolute Gasteiger partial charge is 0.308 e. The number of rotatable bonds is 7. The van der Waals surface area contributed by atoms with Crippen LogP contribution in [0.1, 0.15) is 46.2 Å². The average Bonchev–Trinajstić information content (AvgIpc) is 3.00. The van der Waals surface area contributed by atoms with E-state index >= 15 is 0 Å². The standard InChI is InChI=1S/C22H28N2O4S2/c1-15(2)24-19-11-10-18(14-20(19)29-21(24)25)30(26,27)23-12-13-28-17-8-6-16(7-9-17)22(3,4)5/h6-11,14-15,23H,12-13H2,1-5H3. The minimum absolute atomic E-state index is 0.0152. The summed E-state index contributed by atoms with van der Waals surface area (Å²) in [4.78, 5) is 12.2. The fraction of sp³-hybridized carbons (Fsp3) is 0.409. The van der Waals surface area contributed by atoms with Gasteiger partial charge in [0.25, 0.3) is 0 Å². The molecule has 0 atom stereocenters. The lowest BCUT2D eigenvalue weighted by molar-refractivity contribution is 0.322. The first-order chi connectivity index (χ1) is 14.0. The van der Waals surface area contributed by atoms with E-state index in [0.717, 1.165) is 16.9 Å². The maximum absolute atomic E-state index is 12.6. The van der Waals surface area contributed by atoms with Crippen LogP contribution >= 0.6 is 11.3 Å². The van der Waals surface area contributed by atoms with Crippen molar-refractivity contribution in [1.29, 1.82) is 0 Å². The quantitative estimate of drug-likeness (QED) is 0.547. The summed E-state index contributed by atoms with van der Waals surface area (Å²) < 4.78 is 35.8. The summed E-state index contributed by atoms with van der Waals surface area (Å²) in [5.74, 6) is 0.698. The fourth-order valence-electron chi connectivity index (χ4n) is 3.15. The molecule has 3 rings (SSSR count). The van der Waals surface area contributed by atoms with Crippen LogP contribution in [0.15, 0.2) is 52.2 Å². The zero-order chi connectivity index (χ0) is 22.1. The van der Waals surface area contributed by atoms with Crippen molar-refractivity contribution in [2.75, 3.05) is 13.2 Å². The fourth-order valence-corrected chi connectivity index (χ4v) is 5.32. The minimum atomic E-state index is -3.69. The van der Waals surface area contributed by atoms with E-state index < -0.39 is 10.0 Å². The second kappa shape index (κ2) is 8.53. The highest BCUT2D eigenvalue weighted by atomic mass is 32.2. The molecular formula is C22H28N2O4S2. The number of nitrogens with one attached hydrogen (secondary N) is 1. The Labute approximate surface area is 181 Å². The van der Waals surface area contributed by atoms with E-state index in [2.05, 4.69) is 25.5 Å². The van der Waals surface area contributed by atoms with Gasteiger partial charge in [0.05, 0.1) is 15.1 Å². The predicted octanol–water partition coefficient (Wildman–Crippen LogP) is 4.30. The van der Waals surface area contributed by atoms with Crippen LogP contribution in [0.3, 0.4) is 0 Å². The van der Waals surface area contributed by atoms with Gasteiger partial charge < -0.3 is 4.74 Å². The van der Waals surface area contributed by atoms with Gasteiger partial charge in [-0.1, -0.05) is 44.2 Å². The molecule has 1 heterocycles. The first-order valence-corrected chi connectivity index (χ1v) is 12.2. The van der Waals surface area contributed by atoms with Crippen LogP contribution in [-0.2, 0) is 15.4 Å². The highest BCUT2D eigenvalue weighted by Gasteiger charge is 2.17. The molecule has 1 N–H and O–H groups in total. The maximum Gasteiger partial charge on any atom is 0.308 e. The van der Waals surface area contributed by atoms with Gasteiger partial charge in [0.15, 0.2) is 0 Å². The summed E-state index contributed by atoms with van der Waals surface area (Å²) in [6, 6.07) is 12.6. The number of fused-ring (bicyclic) bond motifs is 1. The van der Waals surface area contributed by atoms with Gasteiger partial charge in [-0.05, 0) is 55.2 Å². The van der Waals surface area contributed by atoms with Gasteiger partial charge in [0, 0.05) is 12.6 Å². The summed E-state index contributed by atoms with van der Waals surface area (Å²) >= 11 is 1.06.